The number of hydrogen-bond donors (Lipinski definition) is 7. The van der Waals surface area contributed by atoms with Gasteiger partial charge in [0.2, 0.25) is 0 Å². The Kier molecular flexibility index (Phi) is 33.8. The Labute approximate surface area is 376 Å². The summed E-state index contributed by atoms with van der Waals surface area (Å²) in [7, 11) is -10.7. The first-order chi connectivity index (χ1) is 30.1. The summed E-state index contributed by atoms with van der Waals surface area (Å²) in [4.78, 5) is 54.2. The van der Waals surface area contributed by atoms with Crippen molar-refractivity contribution in [2.24, 2.45) is 0 Å². The fourth-order valence-corrected chi connectivity index (χ4v) is 8.32. The van der Waals surface area contributed by atoms with Crippen LogP contribution in [0.15, 0.2) is 48.6 Å². The van der Waals surface area contributed by atoms with Crippen LogP contribution in [0, 0.1) is 0 Å². The first-order valence-corrected chi connectivity index (χ1v) is 26.2. The van der Waals surface area contributed by atoms with Crippen molar-refractivity contribution in [2.45, 2.75) is 211 Å². The summed E-state index contributed by atoms with van der Waals surface area (Å²) < 4.78 is 49.3. The molecule has 16 nitrogen and oxygen atoms in total. The van der Waals surface area contributed by atoms with Gasteiger partial charge in [0.15, 0.2) is 6.10 Å². The Bertz CT molecular complexity index is 1420. The summed E-state index contributed by atoms with van der Waals surface area (Å²) >= 11 is 0. The molecule has 0 heterocycles. The molecule has 0 amide bonds. The molecule has 0 aromatic rings. The predicted molar refractivity (Wildman–Crippen MR) is 241 cm³/mol. The Morgan fingerprint density at radius 1 is 0.508 bits per heavy atom. The summed E-state index contributed by atoms with van der Waals surface area (Å²) in [6.45, 7) is 3.03. The van der Waals surface area contributed by atoms with Gasteiger partial charge in [0.1, 0.15) is 43.2 Å². The molecule has 1 rings (SSSR count). The van der Waals surface area contributed by atoms with Crippen LogP contribution < -0.4 is 0 Å². The van der Waals surface area contributed by atoms with E-state index in [0.29, 0.717) is 19.3 Å². The van der Waals surface area contributed by atoms with Crippen molar-refractivity contribution in [3.8, 4) is 0 Å². The van der Waals surface area contributed by atoms with Gasteiger partial charge in [0.05, 0.1) is 6.61 Å². The number of unbranched alkanes of at least 4 members (excludes halogenated alkanes) is 16. The average molecular weight is 939 g/mol. The van der Waals surface area contributed by atoms with Crippen molar-refractivity contribution in [1.82, 2.24) is 0 Å². The number of phosphoric ester groups is 2. The molecule has 0 radical (unpaired) electrons. The van der Waals surface area contributed by atoms with Gasteiger partial charge < -0.3 is 44.6 Å². The molecular weight excluding hydrogens is 858 g/mol. The number of aliphatic hydroxyl groups excluding tert-OH is 4. The zero-order valence-corrected chi connectivity index (χ0v) is 39.5. The molecule has 0 saturated heterocycles. The topological polar surface area (TPSA) is 256 Å². The lowest BCUT2D eigenvalue weighted by Gasteiger charge is -2.43. The van der Waals surface area contributed by atoms with Crippen LogP contribution in [0.25, 0.3) is 0 Å². The van der Waals surface area contributed by atoms with E-state index in [1.807, 2.05) is 12.2 Å². The van der Waals surface area contributed by atoms with Crippen LogP contribution in [0.1, 0.15) is 168 Å². The largest absolute Gasteiger partial charge is 0.472 e. The molecule has 7 N–H and O–H groups in total. The van der Waals surface area contributed by atoms with E-state index in [1.54, 1.807) is 0 Å². The molecule has 1 aliphatic rings. The zero-order chi connectivity index (χ0) is 46.8. The highest BCUT2D eigenvalue weighted by atomic mass is 31.2. The highest BCUT2D eigenvalue weighted by Crippen LogP contribution is 2.49. The fraction of sp³-hybridized carbons (Fsp3) is 0.778. The molecule has 8 unspecified atom stereocenters. The minimum Gasteiger partial charge on any atom is -0.462 e. The minimum atomic E-state index is -5.37. The molecule has 1 aliphatic carbocycles. The van der Waals surface area contributed by atoms with Crippen molar-refractivity contribution in [3.05, 3.63) is 48.6 Å². The summed E-state index contributed by atoms with van der Waals surface area (Å²) in [5, 5.41) is 41.2. The van der Waals surface area contributed by atoms with Crippen molar-refractivity contribution < 1.29 is 76.9 Å². The van der Waals surface area contributed by atoms with E-state index >= 15 is 0 Å². The Morgan fingerprint density at radius 2 is 0.937 bits per heavy atom. The van der Waals surface area contributed by atoms with Gasteiger partial charge >= 0.3 is 27.6 Å². The van der Waals surface area contributed by atoms with Crippen molar-refractivity contribution in [2.75, 3.05) is 13.2 Å². The second-order valence-corrected chi connectivity index (χ2v) is 18.7. The number of carbonyl (C=O) groups is 2. The van der Waals surface area contributed by atoms with Crippen LogP contribution in [0.2, 0.25) is 0 Å². The lowest BCUT2D eigenvalue weighted by Crippen LogP contribution is -2.64. The molecule has 18 heteroatoms. The predicted octanol–water partition coefficient (Wildman–Crippen LogP) is 8.51. The SMILES string of the molecule is CCCCCC=CCC=CCC=CCC=CCCCC(=O)OC(COC(=O)CCCCCCCCCCCCCCC)COP(=O)(O)OC1C(O)C(O)C(O)C(OP(=O)(O)O)C1O. The number of ether oxygens (including phenoxy) is 2. The van der Waals surface area contributed by atoms with Crippen LogP contribution in [0.3, 0.4) is 0 Å². The smallest absolute Gasteiger partial charge is 0.462 e. The third-order valence-corrected chi connectivity index (χ3v) is 11.9. The highest BCUT2D eigenvalue weighted by Gasteiger charge is 2.54. The fourth-order valence-electron chi connectivity index (χ4n) is 6.78. The third-order valence-electron chi connectivity index (χ3n) is 10.4. The summed E-state index contributed by atoms with van der Waals surface area (Å²) in [6.07, 6.45) is 25.1. The maximum absolute atomic E-state index is 13.0. The molecule has 1 fully saturated rings. The Morgan fingerprint density at radius 3 is 1.44 bits per heavy atom. The van der Waals surface area contributed by atoms with Crippen LogP contribution in [0.4, 0.5) is 0 Å². The maximum Gasteiger partial charge on any atom is 0.472 e. The van der Waals surface area contributed by atoms with Gasteiger partial charge in [-0.05, 0) is 51.4 Å². The molecule has 0 aromatic heterocycles. The normalized spacial score (nSPS) is 22.4. The minimum absolute atomic E-state index is 0.0314. The number of esters is 2. The van der Waals surface area contributed by atoms with Gasteiger partial charge in [-0.25, -0.2) is 9.13 Å². The Hall–Kier alpha value is -2.04. The molecule has 0 bridgehead atoms. The molecule has 366 valence electrons. The molecular formula is C45H80O16P2. The van der Waals surface area contributed by atoms with Crippen LogP contribution in [-0.2, 0) is 41.8 Å². The van der Waals surface area contributed by atoms with Crippen LogP contribution >= 0.6 is 15.6 Å². The van der Waals surface area contributed by atoms with E-state index in [4.69, 9.17) is 28.3 Å². The van der Waals surface area contributed by atoms with E-state index in [-0.39, 0.29) is 12.8 Å². The van der Waals surface area contributed by atoms with Gasteiger partial charge in [-0.15, -0.1) is 0 Å². The average Bonchev–Trinajstić information content (AvgIpc) is 3.23. The lowest BCUT2D eigenvalue weighted by atomic mass is 9.85. The standard InChI is InChI=1S/C45H80O16P2/c1-3-5-7-9-11-13-15-17-18-19-20-22-24-26-28-30-32-34-39(47)59-37(35-57-38(46)33-31-29-27-25-23-21-16-14-12-10-8-6-4-2)36-58-63(55,56)61-45-42(50)40(48)41(49)44(43(45)51)60-62(52,53)54/h11,13,17-18,20,22,26,28,37,40-45,48-51H,3-10,12,14-16,19,21,23-25,27,29-36H2,1-2H3,(H,55,56)(H2,52,53,54). The quantitative estimate of drug-likeness (QED) is 0.0132. The maximum atomic E-state index is 13.0. The van der Waals surface area contributed by atoms with Crippen LogP contribution in [0.5, 0.6) is 0 Å². The first kappa shape index (κ1) is 59.0. The Balaban J connectivity index is 2.65. The highest BCUT2D eigenvalue weighted by molar-refractivity contribution is 7.47. The number of phosphoric acid groups is 2. The number of carbonyl (C=O) groups excluding carboxylic acids is 2. The van der Waals surface area contributed by atoms with Crippen LogP contribution in [-0.4, -0.2) is 103 Å². The van der Waals surface area contributed by atoms with E-state index in [9.17, 15) is 44.0 Å². The summed E-state index contributed by atoms with van der Waals surface area (Å²) in [5.41, 5.74) is 0. The van der Waals surface area contributed by atoms with E-state index < -0.39 is 83.5 Å². The number of allylic oxidation sites excluding steroid dienone is 8. The zero-order valence-electron chi connectivity index (χ0n) is 37.7. The lowest BCUT2D eigenvalue weighted by molar-refractivity contribution is -0.216. The number of rotatable bonds is 38. The van der Waals surface area contributed by atoms with E-state index in [1.165, 1.54) is 70.6 Å². The van der Waals surface area contributed by atoms with Gasteiger partial charge in [0, 0.05) is 12.8 Å². The van der Waals surface area contributed by atoms with Crippen molar-refractivity contribution >= 4 is 27.6 Å². The third kappa shape index (κ3) is 30.7. The second kappa shape index (κ2) is 36.1. The number of aliphatic hydroxyl groups is 4. The molecule has 0 spiro atoms. The molecule has 8 atom stereocenters. The molecule has 1 saturated carbocycles. The monoisotopic (exact) mass is 938 g/mol. The number of hydrogen-bond acceptors (Lipinski definition) is 13. The van der Waals surface area contributed by atoms with Gasteiger partial charge in [-0.3, -0.25) is 23.2 Å². The molecule has 0 aromatic carbocycles. The van der Waals surface area contributed by atoms with Gasteiger partial charge in [0.25, 0.3) is 0 Å². The van der Waals surface area contributed by atoms with E-state index in [2.05, 4.69) is 54.8 Å². The molecule has 0 aliphatic heterocycles. The summed E-state index contributed by atoms with van der Waals surface area (Å²) in [5.74, 6) is -1.27. The summed E-state index contributed by atoms with van der Waals surface area (Å²) in [6, 6.07) is 0. The first-order valence-electron chi connectivity index (χ1n) is 23.2. The van der Waals surface area contributed by atoms with Crippen molar-refractivity contribution in [3.63, 3.8) is 0 Å². The molecule has 63 heavy (non-hydrogen) atoms. The second-order valence-electron chi connectivity index (χ2n) is 16.1. The van der Waals surface area contributed by atoms with E-state index in [0.717, 1.165) is 51.4 Å². The van der Waals surface area contributed by atoms with Crippen molar-refractivity contribution in [1.29, 1.82) is 0 Å². The van der Waals surface area contributed by atoms with Gasteiger partial charge in [-0.1, -0.05) is 152 Å². The van der Waals surface area contributed by atoms with Gasteiger partial charge in [-0.2, -0.15) is 0 Å².